The van der Waals surface area contributed by atoms with E-state index in [1.165, 1.54) is 6.07 Å². The maximum absolute atomic E-state index is 12.7. The van der Waals surface area contributed by atoms with Crippen LogP contribution in [-0.4, -0.2) is 66.9 Å². The van der Waals surface area contributed by atoms with Gasteiger partial charge in [-0.3, -0.25) is 4.98 Å². The van der Waals surface area contributed by atoms with Crippen LogP contribution < -0.4 is 0 Å². The first-order valence-electron chi connectivity index (χ1n) is 10.7. The number of hydrogen-bond acceptors (Lipinski definition) is 4. The number of pyridine rings is 1. The Morgan fingerprint density at radius 2 is 1.61 bits per heavy atom. The van der Waals surface area contributed by atoms with Gasteiger partial charge in [0.15, 0.2) is 9.84 Å². The van der Waals surface area contributed by atoms with Crippen LogP contribution in [0.5, 0.6) is 0 Å². The Bertz CT molecular complexity index is 957. The average molecular weight is 458 g/mol. The summed E-state index contributed by atoms with van der Waals surface area (Å²) in [6.07, 6.45) is 1.27. The van der Waals surface area contributed by atoms with E-state index in [2.05, 4.69) is 4.98 Å². The lowest BCUT2D eigenvalue weighted by molar-refractivity contribution is -0.137. The molecule has 0 radical (unpaired) electrons. The first-order valence-corrected chi connectivity index (χ1v) is 12.6. The fourth-order valence-corrected chi connectivity index (χ4v) is 8.04. The van der Waals surface area contributed by atoms with Gasteiger partial charge in [0.25, 0.3) is 0 Å². The number of carbonyl (C=O) groups excluding carboxylic acids is 1. The van der Waals surface area contributed by atoms with Crippen LogP contribution in [0.25, 0.3) is 0 Å². The second-order valence-electron chi connectivity index (χ2n) is 10.2. The summed E-state index contributed by atoms with van der Waals surface area (Å²) in [5.41, 5.74) is -0.0296. The molecule has 2 spiro atoms. The summed E-state index contributed by atoms with van der Waals surface area (Å²) in [7, 11) is -2.88. The molecule has 1 aromatic heterocycles. The predicted molar refractivity (Wildman–Crippen MR) is 107 cm³/mol. The molecule has 6 nitrogen and oxygen atoms in total. The lowest BCUT2D eigenvalue weighted by Gasteiger charge is -2.59. The molecule has 0 unspecified atom stereocenters. The maximum atomic E-state index is 12.7. The van der Waals surface area contributed by atoms with E-state index < -0.39 is 21.6 Å². The van der Waals surface area contributed by atoms with E-state index in [9.17, 15) is 26.4 Å². The van der Waals surface area contributed by atoms with Crippen LogP contribution in [0.4, 0.5) is 18.0 Å². The Balaban J connectivity index is 1.06. The fraction of sp³-hybridized carbons (Fsp3) is 0.714. The second kappa shape index (κ2) is 6.83. The third kappa shape index (κ3) is 3.91. The molecule has 0 aromatic carbocycles. The minimum absolute atomic E-state index is 0.0247. The van der Waals surface area contributed by atoms with Crippen LogP contribution in [-0.2, 0) is 22.4 Å². The van der Waals surface area contributed by atoms with Crippen LogP contribution in [0.15, 0.2) is 18.3 Å². The number of alkyl halides is 3. The zero-order valence-electron chi connectivity index (χ0n) is 17.2. The highest BCUT2D eigenvalue weighted by Gasteiger charge is 2.58. The number of amides is 2. The molecule has 4 aliphatic rings. The molecule has 2 amide bonds. The van der Waals surface area contributed by atoms with Crippen LogP contribution in [0.2, 0.25) is 0 Å². The van der Waals surface area contributed by atoms with Crippen molar-refractivity contribution in [2.24, 2.45) is 16.7 Å². The summed E-state index contributed by atoms with van der Waals surface area (Å²) in [6.45, 7) is 2.60. The van der Waals surface area contributed by atoms with Crippen molar-refractivity contribution in [2.75, 3.05) is 37.7 Å². The molecule has 4 fully saturated rings. The van der Waals surface area contributed by atoms with E-state index in [1.54, 1.807) is 4.90 Å². The van der Waals surface area contributed by atoms with Gasteiger partial charge < -0.3 is 9.80 Å². The van der Waals surface area contributed by atoms with Crippen molar-refractivity contribution in [2.45, 2.75) is 38.3 Å². The van der Waals surface area contributed by atoms with E-state index in [1.807, 2.05) is 4.90 Å². The number of sulfone groups is 1. The zero-order valence-corrected chi connectivity index (χ0v) is 18.0. The largest absolute Gasteiger partial charge is 0.417 e. The van der Waals surface area contributed by atoms with E-state index >= 15 is 0 Å². The molecule has 0 atom stereocenters. The van der Waals surface area contributed by atoms with E-state index in [0.29, 0.717) is 31.1 Å². The minimum Gasteiger partial charge on any atom is -0.323 e. The normalized spacial score (nSPS) is 26.3. The van der Waals surface area contributed by atoms with Crippen molar-refractivity contribution in [1.29, 1.82) is 0 Å². The van der Waals surface area contributed by atoms with Crippen molar-refractivity contribution in [3.8, 4) is 0 Å². The van der Waals surface area contributed by atoms with Gasteiger partial charge in [0.1, 0.15) is 0 Å². The van der Waals surface area contributed by atoms with Gasteiger partial charge >= 0.3 is 12.2 Å². The summed E-state index contributed by atoms with van der Waals surface area (Å²) < 4.78 is 60.8. The van der Waals surface area contributed by atoms with E-state index in [0.717, 1.165) is 51.0 Å². The number of likely N-dealkylation sites (tertiary alicyclic amines) is 2. The Labute approximate surface area is 179 Å². The van der Waals surface area contributed by atoms with Crippen molar-refractivity contribution in [3.63, 3.8) is 0 Å². The Hall–Kier alpha value is -1.84. The molecular weight excluding hydrogens is 431 g/mol. The molecule has 3 saturated heterocycles. The van der Waals surface area contributed by atoms with Crippen molar-refractivity contribution in [3.05, 3.63) is 29.6 Å². The van der Waals surface area contributed by atoms with Gasteiger partial charge in [-0.25, -0.2) is 13.2 Å². The van der Waals surface area contributed by atoms with Gasteiger partial charge in [-0.15, -0.1) is 0 Å². The highest BCUT2D eigenvalue weighted by molar-refractivity contribution is 7.92. The first-order chi connectivity index (χ1) is 14.5. The average Bonchev–Trinajstić information content (AvgIpc) is 2.62. The van der Waals surface area contributed by atoms with Gasteiger partial charge in [0.05, 0.1) is 17.1 Å². The van der Waals surface area contributed by atoms with Crippen molar-refractivity contribution < 1.29 is 26.4 Å². The standard InChI is InChI=1S/C21H26F3N3O3S/c22-21(23,24)16-1-2-17(25-8-16)7-15-3-5-19(6-4-15)9-26(10-19)18(28)27-11-20(12-27)13-31(29,30)14-20/h1-2,8,15H,3-7,9-14H2. The number of carbonyl (C=O) groups is 1. The minimum atomic E-state index is -4.36. The number of halogens is 3. The number of aromatic nitrogens is 1. The Morgan fingerprint density at radius 1 is 1.03 bits per heavy atom. The van der Waals surface area contributed by atoms with Crippen LogP contribution >= 0.6 is 0 Å². The molecule has 1 saturated carbocycles. The number of hydrogen-bond donors (Lipinski definition) is 0. The van der Waals surface area contributed by atoms with Crippen molar-refractivity contribution >= 4 is 15.9 Å². The second-order valence-corrected chi connectivity index (χ2v) is 12.3. The van der Waals surface area contributed by atoms with Gasteiger partial charge in [0, 0.05) is 48.9 Å². The molecule has 1 aliphatic carbocycles. The maximum Gasteiger partial charge on any atom is 0.417 e. The lowest BCUT2D eigenvalue weighted by atomic mass is 9.65. The topological polar surface area (TPSA) is 70.6 Å². The Morgan fingerprint density at radius 3 is 2.10 bits per heavy atom. The van der Waals surface area contributed by atoms with Gasteiger partial charge in [-0.1, -0.05) is 0 Å². The van der Waals surface area contributed by atoms with Crippen LogP contribution in [0.1, 0.15) is 36.9 Å². The smallest absolute Gasteiger partial charge is 0.323 e. The predicted octanol–water partition coefficient (Wildman–Crippen LogP) is 2.99. The summed E-state index contributed by atoms with van der Waals surface area (Å²) in [6, 6.07) is 2.60. The summed E-state index contributed by atoms with van der Waals surface area (Å²) in [5, 5.41) is 0. The number of nitrogens with zero attached hydrogens (tertiary/aromatic N) is 3. The monoisotopic (exact) mass is 457 g/mol. The summed E-state index contributed by atoms with van der Waals surface area (Å²) in [5.74, 6) is 0.835. The van der Waals surface area contributed by atoms with Crippen LogP contribution in [0, 0.1) is 16.7 Å². The quantitative estimate of drug-likeness (QED) is 0.685. The van der Waals surface area contributed by atoms with Crippen LogP contribution in [0.3, 0.4) is 0 Å². The molecule has 4 heterocycles. The highest BCUT2D eigenvalue weighted by atomic mass is 32.2. The molecule has 0 bridgehead atoms. The van der Waals surface area contributed by atoms with Gasteiger partial charge in [-0.05, 0) is 50.2 Å². The molecule has 0 N–H and O–H groups in total. The fourth-order valence-electron chi connectivity index (χ4n) is 5.89. The first kappa shape index (κ1) is 21.0. The molecule has 1 aromatic rings. The van der Waals surface area contributed by atoms with Crippen molar-refractivity contribution in [1.82, 2.24) is 14.8 Å². The number of urea groups is 1. The SMILES string of the molecule is O=C(N1CC2(CCC(Cc3ccc(C(F)(F)F)cn3)CC2)C1)N1CC2(C1)CS(=O)(=O)C2. The highest BCUT2D eigenvalue weighted by Crippen LogP contribution is 2.48. The Kier molecular flexibility index (Phi) is 4.63. The van der Waals surface area contributed by atoms with Gasteiger partial charge in [-0.2, -0.15) is 13.2 Å². The molecule has 170 valence electrons. The molecule has 10 heteroatoms. The third-order valence-electron chi connectivity index (χ3n) is 7.51. The summed E-state index contributed by atoms with van der Waals surface area (Å²) >= 11 is 0. The van der Waals surface area contributed by atoms with E-state index in [4.69, 9.17) is 0 Å². The third-order valence-corrected chi connectivity index (χ3v) is 9.62. The summed E-state index contributed by atoms with van der Waals surface area (Å²) in [4.78, 5) is 20.3. The number of rotatable bonds is 2. The molecule has 5 rings (SSSR count). The molecule has 31 heavy (non-hydrogen) atoms. The van der Waals surface area contributed by atoms with Gasteiger partial charge in [0.2, 0.25) is 0 Å². The zero-order chi connectivity index (χ0) is 22.1. The molecule has 3 aliphatic heterocycles. The lowest BCUT2D eigenvalue weighted by Crippen LogP contribution is -2.73. The molecular formula is C21H26F3N3O3S. The van der Waals surface area contributed by atoms with E-state index in [-0.39, 0.29) is 28.4 Å².